The molecular formula is C16H23N5O5. The number of amides is 3. The lowest BCUT2D eigenvalue weighted by atomic mass is 10.1. The highest BCUT2D eigenvalue weighted by Crippen LogP contribution is 2.28. The first-order chi connectivity index (χ1) is 12.5. The number of methoxy groups -OCH3 is 1. The second kappa shape index (κ2) is 7.73. The molecular weight excluding hydrogens is 342 g/mol. The van der Waals surface area contributed by atoms with Gasteiger partial charge in [0.05, 0.1) is 31.0 Å². The summed E-state index contributed by atoms with van der Waals surface area (Å²) in [5.41, 5.74) is 0.380. The molecule has 0 bridgehead atoms. The van der Waals surface area contributed by atoms with Crippen LogP contribution in [-0.4, -0.2) is 88.4 Å². The van der Waals surface area contributed by atoms with Crippen molar-refractivity contribution >= 4 is 17.9 Å². The first-order valence-corrected chi connectivity index (χ1v) is 8.59. The van der Waals surface area contributed by atoms with Crippen LogP contribution in [0.15, 0.2) is 12.4 Å². The van der Waals surface area contributed by atoms with Crippen LogP contribution in [0.5, 0.6) is 0 Å². The summed E-state index contributed by atoms with van der Waals surface area (Å²) < 4.78 is 4.68. The third-order valence-corrected chi connectivity index (χ3v) is 4.98. The third kappa shape index (κ3) is 3.79. The molecule has 2 heterocycles. The van der Waals surface area contributed by atoms with Crippen molar-refractivity contribution in [2.24, 2.45) is 5.92 Å². The number of nitrogens with one attached hydrogen (secondary N) is 2. The SMILES string of the molecule is COC(=O)N1CCN(C(=O)[C@@H]2C[C@@H](O)[C@H](NC(=O)c3cn[nH]c3)C2)CC1. The number of H-pyrrole nitrogens is 1. The van der Waals surface area contributed by atoms with Gasteiger partial charge in [0.25, 0.3) is 5.91 Å². The van der Waals surface area contributed by atoms with Crippen LogP contribution in [0.25, 0.3) is 0 Å². The molecule has 1 saturated carbocycles. The average molecular weight is 365 g/mol. The van der Waals surface area contributed by atoms with Crippen molar-refractivity contribution < 1.29 is 24.2 Å². The number of carbonyl (C=O) groups excluding carboxylic acids is 3. The zero-order valence-electron chi connectivity index (χ0n) is 14.6. The molecule has 0 aromatic carbocycles. The standard InChI is InChI=1S/C16H23N5O5/c1-26-16(25)21-4-2-20(3-5-21)15(24)10-6-12(13(22)7-10)19-14(23)11-8-17-18-9-11/h8-10,12-13,22H,2-7H2,1H3,(H,17,18)(H,19,23)/t10-,12+,13+/m0/s1. The molecule has 10 heteroatoms. The Hall–Kier alpha value is -2.62. The molecule has 1 aliphatic carbocycles. The van der Waals surface area contributed by atoms with E-state index in [9.17, 15) is 19.5 Å². The average Bonchev–Trinajstić information content (AvgIpc) is 3.31. The van der Waals surface area contributed by atoms with E-state index in [2.05, 4.69) is 20.3 Å². The lowest BCUT2D eigenvalue weighted by Gasteiger charge is -2.35. The van der Waals surface area contributed by atoms with Crippen molar-refractivity contribution in [3.8, 4) is 0 Å². The minimum atomic E-state index is -0.767. The predicted octanol–water partition coefficient (Wildman–Crippen LogP) is -0.810. The molecule has 0 spiro atoms. The Bertz CT molecular complexity index is 656. The molecule has 10 nitrogen and oxygen atoms in total. The Morgan fingerprint density at radius 1 is 1.23 bits per heavy atom. The van der Waals surface area contributed by atoms with Crippen LogP contribution < -0.4 is 5.32 Å². The summed E-state index contributed by atoms with van der Waals surface area (Å²) in [6.07, 6.45) is 2.42. The van der Waals surface area contributed by atoms with Gasteiger partial charge in [0.1, 0.15) is 0 Å². The maximum Gasteiger partial charge on any atom is 0.409 e. The van der Waals surface area contributed by atoms with E-state index in [0.29, 0.717) is 44.6 Å². The fraction of sp³-hybridized carbons (Fsp3) is 0.625. The summed E-state index contributed by atoms with van der Waals surface area (Å²) in [6, 6.07) is -0.470. The number of aromatic amines is 1. The summed E-state index contributed by atoms with van der Waals surface area (Å²) in [7, 11) is 1.33. The van der Waals surface area contributed by atoms with Gasteiger partial charge in [-0.05, 0) is 12.8 Å². The normalized spacial score (nSPS) is 25.8. The Kier molecular flexibility index (Phi) is 5.40. The van der Waals surface area contributed by atoms with E-state index in [-0.39, 0.29) is 17.7 Å². The van der Waals surface area contributed by atoms with Gasteiger partial charge in [0.15, 0.2) is 0 Å². The van der Waals surface area contributed by atoms with Gasteiger partial charge in [-0.25, -0.2) is 4.79 Å². The van der Waals surface area contributed by atoms with Crippen molar-refractivity contribution in [1.29, 1.82) is 0 Å². The van der Waals surface area contributed by atoms with Gasteiger partial charge in [-0.15, -0.1) is 0 Å². The van der Waals surface area contributed by atoms with Crippen LogP contribution in [0.4, 0.5) is 4.79 Å². The first kappa shape index (κ1) is 18.2. The molecule has 1 saturated heterocycles. The molecule has 26 heavy (non-hydrogen) atoms. The number of aliphatic hydroxyl groups excluding tert-OH is 1. The van der Waals surface area contributed by atoms with Gasteiger partial charge < -0.3 is 25.0 Å². The Morgan fingerprint density at radius 2 is 1.92 bits per heavy atom. The minimum Gasteiger partial charge on any atom is -0.453 e. The molecule has 1 aliphatic heterocycles. The Labute approximate surface area is 150 Å². The quantitative estimate of drug-likeness (QED) is 0.643. The van der Waals surface area contributed by atoms with Crippen LogP contribution in [-0.2, 0) is 9.53 Å². The third-order valence-electron chi connectivity index (χ3n) is 4.98. The van der Waals surface area contributed by atoms with E-state index in [1.54, 1.807) is 9.80 Å². The van der Waals surface area contributed by atoms with Gasteiger partial charge in [0, 0.05) is 38.3 Å². The maximum atomic E-state index is 12.7. The van der Waals surface area contributed by atoms with E-state index in [4.69, 9.17) is 0 Å². The monoisotopic (exact) mass is 365 g/mol. The van der Waals surface area contributed by atoms with Crippen LogP contribution >= 0.6 is 0 Å². The topological polar surface area (TPSA) is 128 Å². The van der Waals surface area contributed by atoms with Gasteiger partial charge >= 0.3 is 6.09 Å². The number of hydrogen-bond donors (Lipinski definition) is 3. The summed E-state index contributed by atoms with van der Waals surface area (Å²) in [6.45, 7) is 1.72. The van der Waals surface area contributed by atoms with Crippen LogP contribution in [0.3, 0.4) is 0 Å². The van der Waals surface area contributed by atoms with Crippen LogP contribution in [0.1, 0.15) is 23.2 Å². The van der Waals surface area contributed by atoms with Crippen molar-refractivity contribution in [2.75, 3.05) is 33.3 Å². The fourth-order valence-electron chi connectivity index (χ4n) is 3.50. The molecule has 1 aromatic rings. The number of aromatic nitrogens is 2. The highest BCUT2D eigenvalue weighted by atomic mass is 16.5. The number of rotatable bonds is 3. The van der Waals surface area contributed by atoms with Gasteiger partial charge in [0.2, 0.25) is 5.91 Å². The zero-order valence-corrected chi connectivity index (χ0v) is 14.6. The van der Waals surface area contributed by atoms with E-state index >= 15 is 0 Å². The number of piperazine rings is 1. The van der Waals surface area contributed by atoms with Crippen molar-refractivity contribution in [1.82, 2.24) is 25.3 Å². The fourth-order valence-corrected chi connectivity index (χ4v) is 3.50. The van der Waals surface area contributed by atoms with E-state index in [1.807, 2.05) is 0 Å². The van der Waals surface area contributed by atoms with E-state index < -0.39 is 18.2 Å². The molecule has 3 rings (SSSR count). The number of ether oxygens (including phenoxy) is 1. The van der Waals surface area contributed by atoms with Crippen molar-refractivity contribution in [3.05, 3.63) is 18.0 Å². The molecule has 0 radical (unpaired) electrons. The van der Waals surface area contributed by atoms with Crippen LogP contribution in [0, 0.1) is 5.92 Å². The predicted molar refractivity (Wildman–Crippen MR) is 89.1 cm³/mol. The van der Waals surface area contributed by atoms with E-state index in [0.717, 1.165) is 0 Å². The number of hydrogen-bond acceptors (Lipinski definition) is 6. The molecule has 142 valence electrons. The minimum absolute atomic E-state index is 0.0476. The molecule has 2 aliphatic rings. The van der Waals surface area contributed by atoms with Gasteiger partial charge in [-0.2, -0.15) is 5.10 Å². The number of nitrogens with zero attached hydrogens (tertiary/aromatic N) is 3. The summed E-state index contributed by atoms with van der Waals surface area (Å²) in [5, 5.41) is 19.3. The lowest BCUT2D eigenvalue weighted by Crippen LogP contribution is -2.51. The molecule has 3 amide bonds. The second-order valence-corrected chi connectivity index (χ2v) is 6.58. The molecule has 2 fully saturated rings. The van der Waals surface area contributed by atoms with Crippen LogP contribution in [0.2, 0.25) is 0 Å². The Balaban J connectivity index is 1.52. The number of aliphatic hydroxyl groups is 1. The smallest absolute Gasteiger partial charge is 0.409 e. The van der Waals surface area contributed by atoms with E-state index in [1.165, 1.54) is 19.5 Å². The Morgan fingerprint density at radius 3 is 2.54 bits per heavy atom. The molecule has 1 aromatic heterocycles. The second-order valence-electron chi connectivity index (χ2n) is 6.58. The molecule has 3 N–H and O–H groups in total. The van der Waals surface area contributed by atoms with Crippen molar-refractivity contribution in [2.45, 2.75) is 25.0 Å². The van der Waals surface area contributed by atoms with Crippen molar-refractivity contribution in [3.63, 3.8) is 0 Å². The first-order valence-electron chi connectivity index (χ1n) is 8.59. The highest BCUT2D eigenvalue weighted by molar-refractivity contribution is 5.94. The largest absolute Gasteiger partial charge is 0.453 e. The summed E-state index contributed by atoms with van der Waals surface area (Å²) in [4.78, 5) is 39.6. The summed E-state index contributed by atoms with van der Waals surface area (Å²) >= 11 is 0. The zero-order chi connectivity index (χ0) is 18.7. The maximum absolute atomic E-state index is 12.7. The molecule has 3 atom stereocenters. The van der Waals surface area contributed by atoms with Gasteiger partial charge in [-0.3, -0.25) is 14.7 Å². The summed E-state index contributed by atoms with van der Waals surface area (Å²) in [5.74, 6) is -0.722. The lowest BCUT2D eigenvalue weighted by molar-refractivity contribution is -0.137. The highest BCUT2D eigenvalue weighted by Gasteiger charge is 2.40. The molecule has 0 unspecified atom stereocenters. The van der Waals surface area contributed by atoms with Gasteiger partial charge in [-0.1, -0.05) is 0 Å². The number of carbonyl (C=O) groups is 3.